The van der Waals surface area contributed by atoms with Crippen LogP contribution >= 0.6 is 0 Å². The van der Waals surface area contributed by atoms with Gasteiger partial charge in [-0.1, -0.05) is 446 Å². The van der Waals surface area contributed by atoms with E-state index in [0.717, 1.165) is 91.8 Å². The summed E-state index contributed by atoms with van der Waals surface area (Å²) in [5, 5.41) is 35.3. The summed E-state index contributed by atoms with van der Waals surface area (Å²) in [4.78, 5) is 29.5. The number of nitrogens with zero attached hydrogens (tertiary/aromatic N) is 11. The quantitative estimate of drug-likeness (QED) is 0.0797. The number of ether oxygens (including phenoxy) is 1. The molecule has 0 amide bonds. The van der Waals surface area contributed by atoms with E-state index in [1.165, 1.54) is 123 Å². The minimum absolute atomic E-state index is 0. The summed E-state index contributed by atoms with van der Waals surface area (Å²) in [7, 11) is 6.54. The molecule has 0 bridgehead atoms. The van der Waals surface area contributed by atoms with Gasteiger partial charge in [0.25, 0.3) is 0 Å². The number of allylic oxidation sites excluding steroid dienone is 2. The fourth-order valence-electron chi connectivity index (χ4n) is 6.75. The first kappa shape index (κ1) is 246. The number of likely N-dealkylation sites (tertiary alicyclic amines) is 1. The fourth-order valence-corrected chi connectivity index (χ4v) is 6.75. The molecule has 0 unspecified atom stereocenters. The van der Waals surface area contributed by atoms with Gasteiger partial charge >= 0.3 is 0 Å². The lowest BCUT2D eigenvalue weighted by Gasteiger charge is -2.28. The normalized spacial score (nSPS) is 11.6. The number of aromatic nitrogens is 7. The Hall–Kier alpha value is -5.30. The highest BCUT2D eigenvalue weighted by Crippen LogP contribution is 2.05. The van der Waals surface area contributed by atoms with Crippen LogP contribution in [0, 0.1) is 0 Å². The molecule has 9 N–H and O–H groups in total. The van der Waals surface area contributed by atoms with Crippen LogP contribution in [0.4, 0.5) is 0 Å². The monoisotopic (exact) mass is 1980 g/mol. The molecule has 13 heterocycles. The SMILES string of the molecule is C.C.C.C.C.C.C.C.C.C.C.C.C.C1=CNC=CC1.C1=NCCN1.C1CCNC1.C1CCNCC1.C1CNCCN1.C1CNCN1.C1COCCN1.CC.CC.CC.CC.CC.CC.CC.CC.CC.CC.CC.CC.CC.CC.CC.CC.CC.CC.CC.CC.CC.CC.CC.CN1CCCCC1.CN1CCN(C)CC1.c1ccncc1.c1ccnnc1.c1cnccn1.c1cncnc1. The van der Waals surface area contributed by atoms with E-state index in [4.69, 9.17) is 4.74 Å². The topological polar surface area (TPSA) is 230 Å². The maximum absolute atomic E-state index is 5.01. The summed E-state index contributed by atoms with van der Waals surface area (Å²) in [5.41, 5.74) is 0. The number of dihydropyridines is 1. The average Bonchev–Trinajstić information content (AvgIpc) is 1.94. The maximum Gasteiger partial charge on any atom is 0.115 e. The van der Waals surface area contributed by atoms with E-state index in [0.29, 0.717) is 0 Å². The van der Waals surface area contributed by atoms with Crippen LogP contribution in [0.2, 0.25) is 0 Å². The highest BCUT2D eigenvalue weighted by atomic mass is 16.5. The van der Waals surface area contributed by atoms with Gasteiger partial charge in [0.05, 0.1) is 26.1 Å². The number of piperazine rings is 2. The molecule has 9 aliphatic rings. The smallest absolute Gasteiger partial charge is 0.115 e. The first-order chi connectivity index (χ1) is 61.7. The fraction of sp³-hybridized carbons (Fsp3) is 0.810. The molecule has 0 aliphatic carbocycles. The standard InChI is InChI=1S/C6H14N2.C6H13N.C5H11N.C5H7N.C5H5N.C4H10N2.3C4H4N2.C4H9NO.C4H9N.C3H8N2.C3H6N2.23C2H6.13CH4/c1-7-3-5-8(2)6-4-7;1-7-5-3-2-4-6-7;3*1-2-4-6-5-3-1;2*1-2-6-4-3-5-1;1-2-5-4-6-3-1;1-2-4-6-5-3-1;1-3-6-4-2-5-1;1-2-4-5-3-1;2*1-2-5-3-4-1;23*1-2;;;;;;;;;;;;;/h3-6H2,1-2H3;2-6H2,1H3;6H,1-5H2;2-6H,1H2;1-5H;5-6H,1-4H2;3*1-4H;5H,1-4H2;5H,1-4H2;4-5H,1-3H2;3H,1-2H2,(H,4,5);23*1-2H3;13*1H4. The van der Waals surface area contributed by atoms with Crippen LogP contribution in [0.25, 0.3) is 0 Å². The van der Waals surface area contributed by atoms with Crippen LogP contribution in [0.15, 0.2) is 134 Å². The van der Waals surface area contributed by atoms with E-state index in [-0.39, 0.29) is 96.5 Å². The Morgan fingerprint density at radius 3 is 0.577 bits per heavy atom. The van der Waals surface area contributed by atoms with Gasteiger partial charge in [-0.15, -0.1) is 0 Å². The number of hydrogen-bond donors (Lipinski definition) is 9. The van der Waals surface area contributed by atoms with Crippen molar-refractivity contribution in [3.8, 4) is 0 Å². The molecule has 21 nitrogen and oxygen atoms in total. The van der Waals surface area contributed by atoms with Gasteiger partial charge in [0, 0.05) is 154 Å². The molecule has 4 aromatic rings. The summed E-state index contributed by atoms with van der Waals surface area (Å²) in [5.74, 6) is 0. The number of pyridine rings is 1. The second-order valence-electron chi connectivity index (χ2n) is 18.2. The molecule has 137 heavy (non-hydrogen) atoms. The molecule has 0 atom stereocenters. The molecule has 7 saturated heterocycles. The Morgan fingerprint density at radius 2 is 0.467 bits per heavy atom. The predicted octanol–water partition coefficient (Wildman–Crippen LogP) is 35.0. The summed E-state index contributed by atoms with van der Waals surface area (Å²) in [6.45, 7) is 118. The van der Waals surface area contributed by atoms with Gasteiger partial charge in [0.15, 0.2) is 0 Å². The van der Waals surface area contributed by atoms with Gasteiger partial charge in [-0.25, -0.2) is 9.97 Å². The van der Waals surface area contributed by atoms with Gasteiger partial charge in [0.2, 0.25) is 0 Å². The van der Waals surface area contributed by atoms with Crippen LogP contribution in [0.5, 0.6) is 0 Å². The van der Waals surface area contributed by atoms with Crippen molar-refractivity contribution in [1.82, 2.24) is 97.7 Å². The molecular formula is C116H294N20O. The lowest BCUT2D eigenvalue weighted by Crippen LogP contribution is -2.42. The Morgan fingerprint density at radius 1 is 0.226 bits per heavy atom. The van der Waals surface area contributed by atoms with Crippen molar-refractivity contribution in [3.63, 3.8) is 0 Å². The van der Waals surface area contributed by atoms with Crippen molar-refractivity contribution in [3.05, 3.63) is 129 Å². The van der Waals surface area contributed by atoms with Gasteiger partial charge in [0.1, 0.15) is 6.33 Å². The molecule has 0 saturated carbocycles. The second kappa shape index (κ2) is 384. The minimum Gasteiger partial charge on any atom is -0.379 e. The number of aliphatic imine (C=N–C) groups is 1. The molecule has 0 aromatic carbocycles. The number of hydrogen-bond acceptors (Lipinski definition) is 21. The number of nitrogens with one attached hydrogen (secondary N) is 9. The van der Waals surface area contributed by atoms with Gasteiger partial charge < -0.3 is 67.3 Å². The van der Waals surface area contributed by atoms with Crippen molar-refractivity contribution in [2.24, 2.45) is 4.99 Å². The lowest BCUT2D eigenvalue weighted by atomic mass is 10.1. The van der Waals surface area contributed by atoms with Crippen LogP contribution in [0.1, 0.15) is 473 Å². The zero-order valence-electron chi connectivity index (χ0n) is 94.2. The van der Waals surface area contributed by atoms with Gasteiger partial charge in [-0.2, -0.15) is 10.2 Å². The van der Waals surface area contributed by atoms with Crippen molar-refractivity contribution in [2.45, 2.75) is 473 Å². The molecule has 21 heteroatoms. The van der Waals surface area contributed by atoms with E-state index in [1.54, 1.807) is 74.4 Å². The maximum atomic E-state index is 5.01. The molecule has 0 spiro atoms. The van der Waals surface area contributed by atoms with E-state index >= 15 is 0 Å². The summed E-state index contributed by atoms with van der Waals surface area (Å²) >= 11 is 0. The lowest BCUT2D eigenvalue weighted by molar-refractivity contribution is 0.109. The summed E-state index contributed by atoms with van der Waals surface area (Å²) in [6, 6.07) is 11.1. The van der Waals surface area contributed by atoms with E-state index in [2.05, 4.69) is 136 Å². The molecular weight excluding hydrogens is 1690 g/mol. The Labute approximate surface area is 882 Å². The first-order valence-electron chi connectivity index (χ1n) is 51.5. The van der Waals surface area contributed by atoms with Crippen molar-refractivity contribution in [1.29, 1.82) is 0 Å². The van der Waals surface area contributed by atoms with Crippen LogP contribution in [-0.4, -0.2) is 228 Å². The molecule has 864 valence electrons. The van der Waals surface area contributed by atoms with E-state index < -0.39 is 0 Å². The molecule has 0 radical (unpaired) electrons. The Balaban J connectivity index is -0.0000000228. The second-order valence-corrected chi connectivity index (χ2v) is 18.2. The number of morpholine rings is 1. The zero-order chi connectivity index (χ0) is 102. The van der Waals surface area contributed by atoms with Gasteiger partial charge in [-0.3, -0.25) is 19.9 Å². The van der Waals surface area contributed by atoms with Crippen molar-refractivity contribution < 1.29 is 4.74 Å². The molecule has 13 rings (SSSR count). The zero-order valence-corrected chi connectivity index (χ0v) is 94.2. The third kappa shape index (κ3) is 378. The van der Waals surface area contributed by atoms with Crippen LogP contribution in [-0.2, 0) is 4.74 Å². The third-order valence-corrected chi connectivity index (χ3v) is 11.3. The largest absolute Gasteiger partial charge is 0.379 e. The van der Waals surface area contributed by atoms with Crippen molar-refractivity contribution in [2.75, 3.05) is 172 Å². The molecule has 7 fully saturated rings. The predicted molar refractivity (Wildman–Crippen MR) is 672 cm³/mol. The minimum atomic E-state index is 0. The van der Waals surface area contributed by atoms with E-state index in [9.17, 15) is 0 Å². The summed E-state index contributed by atoms with van der Waals surface area (Å²) < 4.78 is 5.01. The number of rotatable bonds is 0. The summed E-state index contributed by atoms with van der Waals surface area (Å²) in [6.07, 6.45) is 40.3. The van der Waals surface area contributed by atoms with Crippen molar-refractivity contribution >= 4 is 6.34 Å². The number of piperidine rings is 2. The molecule has 4 aromatic heterocycles. The highest BCUT2D eigenvalue weighted by Gasteiger charge is 2.08. The van der Waals surface area contributed by atoms with E-state index in [1.807, 2.05) is 361 Å². The Kier molecular flexibility index (Phi) is 688. The average molecular weight is 1990 g/mol. The Bertz CT molecular complexity index is 1390. The first-order valence-corrected chi connectivity index (χ1v) is 51.5. The molecule has 9 aliphatic heterocycles. The van der Waals surface area contributed by atoms with Crippen LogP contribution in [0.3, 0.4) is 0 Å². The van der Waals surface area contributed by atoms with Gasteiger partial charge in [-0.05, 0) is 148 Å². The number of likely N-dealkylation sites (N-methyl/N-ethyl adjacent to an activating group) is 2. The highest BCUT2D eigenvalue weighted by molar-refractivity contribution is 5.56. The van der Waals surface area contributed by atoms with Crippen LogP contribution < -0.4 is 47.9 Å². The third-order valence-electron chi connectivity index (χ3n) is 11.3.